The Morgan fingerprint density at radius 2 is 2.07 bits per heavy atom. The van der Waals surface area contributed by atoms with Crippen molar-refractivity contribution in [2.75, 3.05) is 13.1 Å². The second-order valence-electron chi connectivity index (χ2n) is 3.29. The van der Waals surface area contributed by atoms with Crippen LogP contribution in [-0.4, -0.2) is 18.1 Å². The summed E-state index contributed by atoms with van der Waals surface area (Å²) in [5.74, 6) is 0. The van der Waals surface area contributed by atoms with Crippen LogP contribution in [0.3, 0.4) is 0 Å². The van der Waals surface area contributed by atoms with E-state index in [9.17, 15) is 0 Å². The van der Waals surface area contributed by atoms with Crippen molar-refractivity contribution in [3.63, 3.8) is 0 Å². The lowest BCUT2D eigenvalue weighted by molar-refractivity contribution is 0.653. The van der Waals surface area contributed by atoms with Gasteiger partial charge in [0.15, 0.2) is 0 Å². The maximum Gasteiger partial charge on any atom is 0.0270 e. The van der Waals surface area contributed by atoms with E-state index in [-0.39, 0.29) is 0 Å². The number of rotatable bonds is 7. The second-order valence-corrected chi connectivity index (χ2v) is 3.29. The van der Waals surface area contributed by atoms with Crippen molar-refractivity contribution < 1.29 is 0 Å². The highest BCUT2D eigenvalue weighted by molar-refractivity contribution is 5.09. The van der Waals surface area contributed by atoms with Crippen molar-refractivity contribution in [3.8, 4) is 0 Å². The van der Waals surface area contributed by atoms with Gasteiger partial charge in [-0.05, 0) is 50.0 Å². The van der Waals surface area contributed by atoms with Gasteiger partial charge in [0.1, 0.15) is 0 Å². The van der Waals surface area contributed by atoms with Crippen LogP contribution in [0.2, 0.25) is 0 Å². The topological polar surface area (TPSA) is 24.9 Å². The smallest absolute Gasteiger partial charge is 0.0270 e. The standard InChI is InChI=1S/C12H18N2/c1-2-3-4-8-13-9-5-12-6-10-14-11-7-12/h2,6-7,10-11,13H,1,3-5,8-9H2. The van der Waals surface area contributed by atoms with Crippen LogP contribution in [-0.2, 0) is 6.42 Å². The monoisotopic (exact) mass is 190 g/mol. The van der Waals surface area contributed by atoms with E-state index in [1.807, 2.05) is 18.5 Å². The molecule has 0 saturated carbocycles. The fraction of sp³-hybridized carbons (Fsp3) is 0.417. The molecule has 0 aliphatic carbocycles. The third-order valence-electron chi connectivity index (χ3n) is 2.10. The van der Waals surface area contributed by atoms with Crippen LogP contribution in [0.4, 0.5) is 0 Å². The normalized spacial score (nSPS) is 10.0. The predicted octanol–water partition coefficient (Wildman–Crippen LogP) is 2.18. The molecule has 1 aromatic rings. The maximum atomic E-state index is 3.98. The third-order valence-corrected chi connectivity index (χ3v) is 2.10. The van der Waals surface area contributed by atoms with E-state index in [1.165, 1.54) is 12.0 Å². The highest BCUT2D eigenvalue weighted by Gasteiger charge is 1.90. The minimum Gasteiger partial charge on any atom is -0.316 e. The molecule has 0 aliphatic heterocycles. The Bertz CT molecular complexity index is 244. The molecule has 1 N–H and O–H groups in total. The molecule has 2 nitrogen and oxygen atoms in total. The molecule has 2 heteroatoms. The first-order chi connectivity index (χ1) is 6.93. The summed E-state index contributed by atoms with van der Waals surface area (Å²) in [6, 6.07) is 4.12. The summed E-state index contributed by atoms with van der Waals surface area (Å²) in [6.45, 7) is 5.81. The number of hydrogen-bond acceptors (Lipinski definition) is 2. The molecule has 0 amide bonds. The minimum atomic E-state index is 1.04. The fourth-order valence-electron chi connectivity index (χ4n) is 1.28. The fourth-order valence-corrected chi connectivity index (χ4v) is 1.28. The quantitative estimate of drug-likeness (QED) is 0.526. The van der Waals surface area contributed by atoms with E-state index >= 15 is 0 Å². The molecular formula is C12H18N2. The van der Waals surface area contributed by atoms with E-state index in [1.54, 1.807) is 0 Å². The molecule has 1 rings (SSSR count). The first-order valence-electron chi connectivity index (χ1n) is 5.14. The van der Waals surface area contributed by atoms with E-state index in [0.29, 0.717) is 0 Å². The van der Waals surface area contributed by atoms with Crippen LogP contribution in [0.5, 0.6) is 0 Å². The van der Waals surface area contributed by atoms with Crippen LogP contribution in [0.1, 0.15) is 18.4 Å². The van der Waals surface area contributed by atoms with Crippen molar-refractivity contribution in [1.82, 2.24) is 10.3 Å². The molecule has 0 radical (unpaired) electrons. The van der Waals surface area contributed by atoms with Gasteiger partial charge in [-0.15, -0.1) is 6.58 Å². The lowest BCUT2D eigenvalue weighted by Gasteiger charge is -2.03. The van der Waals surface area contributed by atoms with E-state index in [0.717, 1.165) is 25.9 Å². The van der Waals surface area contributed by atoms with Crippen LogP contribution in [0, 0.1) is 0 Å². The van der Waals surface area contributed by atoms with Crippen LogP contribution >= 0.6 is 0 Å². The molecule has 0 fully saturated rings. The Kier molecular flexibility index (Phi) is 5.68. The first-order valence-corrected chi connectivity index (χ1v) is 5.14. The summed E-state index contributed by atoms with van der Waals surface area (Å²) < 4.78 is 0. The Hall–Kier alpha value is -1.15. The molecule has 0 aromatic carbocycles. The molecule has 0 unspecified atom stereocenters. The lowest BCUT2D eigenvalue weighted by Crippen LogP contribution is -2.18. The third kappa shape index (κ3) is 4.77. The SMILES string of the molecule is C=CCCCNCCc1ccncc1. The molecular weight excluding hydrogens is 172 g/mol. The molecule has 1 heterocycles. The van der Waals surface area contributed by atoms with Crippen molar-refractivity contribution in [2.24, 2.45) is 0 Å². The number of hydrogen-bond donors (Lipinski definition) is 1. The average molecular weight is 190 g/mol. The van der Waals surface area contributed by atoms with E-state index in [2.05, 4.69) is 29.0 Å². The molecule has 0 bridgehead atoms. The van der Waals surface area contributed by atoms with Crippen molar-refractivity contribution >= 4 is 0 Å². The van der Waals surface area contributed by atoms with Gasteiger partial charge in [0, 0.05) is 12.4 Å². The second kappa shape index (κ2) is 7.27. The van der Waals surface area contributed by atoms with Crippen molar-refractivity contribution in [1.29, 1.82) is 0 Å². The Morgan fingerprint density at radius 1 is 1.29 bits per heavy atom. The number of allylic oxidation sites excluding steroid dienone is 1. The lowest BCUT2D eigenvalue weighted by atomic mass is 10.2. The average Bonchev–Trinajstić information content (AvgIpc) is 2.25. The summed E-state index contributed by atoms with van der Waals surface area (Å²) in [5, 5.41) is 3.40. The van der Waals surface area contributed by atoms with Gasteiger partial charge in [-0.3, -0.25) is 4.98 Å². The molecule has 1 aromatic heterocycles. The first kappa shape index (κ1) is 10.9. The Labute approximate surface area is 86.1 Å². The Balaban J connectivity index is 2.02. The molecule has 0 spiro atoms. The number of nitrogens with zero attached hydrogens (tertiary/aromatic N) is 1. The van der Waals surface area contributed by atoms with Gasteiger partial charge in [0.2, 0.25) is 0 Å². The number of pyridine rings is 1. The molecule has 14 heavy (non-hydrogen) atoms. The van der Waals surface area contributed by atoms with Gasteiger partial charge in [0.25, 0.3) is 0 Å². The van der Waals surface area contributed by atoms with Gasteiger partial charge in [-0.25, -0.2) is 0 Å². The predicted molar refractivity (Wildman–Crippen MR) is 60.2 cm³/mol. The van der Waals surface area contributed by atoms with Crippen LogP contribution in [0.15, 0.2) is 37.2 Å². The highest BCUT2D eigenvalue weighted by Crippen LogP contribution is 1.96. The van der Waals surface area contributed by atoms with Gasteiger partial charge >= 0.3 is 0 Å². The zero-order valence-electron chi connectivity index (χ0n) is 8.58. The van der Waals surface area contributed by atoms with E-state index < -0.39 is 0 Å². The zero-order chi connectivity index (χ0) is 10.1. The minimum absolute atomic E-state index is 1.04. The zero-order valence-corrected chi connectivity index (χ0v) is 8.58. The van der Waals surface area contributed by atoms with Gasteiger partial charge in [-0.2, -0.15) is 0 Å². The van der Waals surface area contributed by atoms with Gasteiger partial charge in [-0.1, -0.05) is 6.08 Å². The molecule has 0 atom stereocenters. The highest BCUT2D eigenvalue weighted by atomic mass is 14.8. The largest absolute Gasteiger partial charge is 0.316 e. The van der Waals surface area contributed by atoms with Gasteiger partial charge < -0.3 is 5.32 Å². The molecule has 76 valence electrons. The van der Waals surface area contributed by atoms with Crippen molar-refractivity contribution in [2.45, 2.75) is 19.3 Å². The molecule has 0 saturated heterocycles. The van der Waals surface area contributed by atoms with Gasteiger partial charge in [0.05, 0.1) is 0 Å². The summed E-state index contributed by atoms with van der Waals surface area (Å²) in [5.41, 5.74) is 1.34. The summed E-state index contributed by atoms with van der Waals surface area (Å²) in [6.07, 6.45) is 9.00. The summed E-state index contributed by atoms with van der Waals surface area (Å²) in [4.78, 5) is 3.98. The van der Waals surface area contributed by atoms with Crippen LogP contribution < -0.4 is 5.32 Å². The van der Waals surface area contributed by atoms with E-state index in [4.69, 9.17) is 0 Å². The Morgan fingerprint density at radius 3 is 2.79 bits per heavy atom. The number of nitrogens with one attached hydrogen (secondary N) is 1. The number of unbranched alkanes of at least 4 members (excludes halogenated alkanes) is 1. The maximum absolute atomic E-state index is 3.98. The summed E-state index contributed by atoms with van der Waals surface area (Å²) >= 11 is 0. The number of aromatic nitrogens is 1. The molecule has 0 aliphatic rings. The summed E-state index contributed by atoms with van der Waals surface area (Å²) in [7, 11) is 0. The van der Waals surface area contributed by atoms with Crippen molar-refractivity contribution in [3.05, 3.63) is 42.7 Å². The van der Waals surface area contributed by atoms with Crippen LogP contribution in [0.25, 0.3) is 0 Å².